The molecule has 3 rings (SSSR count). The van der Waals surface area contributed by atoms with Crippen molar-refractivity contribution in [3.05, 3.63) is 35.1 Å². The third-order valence-electron chi connectivity index (χ3n) is 4.17. The highest BCUT2D eigenvalue weighted by molar-refractivity contribution is 5.82. The number of fused-ring (bicyclic) bond motifs is 1. The molecule has 0 saturated carbocycles. The maximum Gasteiger partial charge on any atom is 0.134 e. The zero-order chi connectivity index (χ0) is 13.9. The smallest absolute Gasteiger partial charge is 0.134 e. The third kappa shape index (κ3) is 2.89. The predicted octanol–water partition coefficient (Wildman–Crippen LogP) is 3.31. The van der Waals surface area contributed by atoms with Crippen LogP contribution >= 0.6 is 0 Å². The Labute approximate surface area is 120 Å². The molecule has 0 bridgehead atoms. The average molecular weight is 273 g/mol. The largest absolute Gasteiger partial charge is 0.461 e. The molecule has 108 valence electrons. The Morgan fingerprint density at radius 1 is 1.15 bits per heavy atom. The van der Waals surface area contributed by atoms with Gasteiger partial charge in [0.25, 0.3) is 0 Å². The molecule has 0 aliphatic carbocycles. The number of nitrogens with zero attached hydrogens (tertiary/aromatic N) is 1. The summed E-state index contributed by atoms with van der Waals surface area (Å²) in [6.07, 6.45) is 2.18. The summed E-state index contributed by atoms with van der Waals surface area (Å²) in [6, 6.07) is 6.42. The first-order chi connectivity index (χ1) is 9.74. The highest BCUT2D eigenvalue weighted by atomic mass is 16.5. The summed E-state index contributed by atoms with van der Waals surface area (Å²) in [5.74, 6) is 1.15. The Hall–Kier alpha value is -1.32. The monoisotopic (exact) mass is 273 g/mol. The molecule has 0 amide bonds. The minimum absolute atomic E-state index is 0.878. The second-order valence-electron chi connectivity index (χ2n) is 5.71. The van der Waals surface area contributed by atoms with E-state index in [-0.39, 0.29) is 0 Å². The minimum Gasteiger partial charge on any atom is -0.461 e. The van der Waals surface area contributed by atoms with Gasteiger partial charge in [0.1, 0.15) is 11.3 Å². The summed E-state index contributed by atoms with van der Waals surface area (Å²) in [6.45, 7) is 9.33. The van der Waals surface area contributed by atoms with Gasteiger partial charge in [-0.2, -0.15) is 0 Å². The maximum absolute atomic E-state index is 6.00. The van der Waals surface area contributed by atoms with Gasteiger partial charge in [0.05, 0.1) is 13.2 Å². The van der Waals surface area contributed by atoms with Crippen LogP contribution in [0.2, 0.25) is 0 Å². The van der Waals surface area contributed by atoms with Gasteiger partial charge in [-0.15, -0.1) is 0 Å². The van der Waals surface area contributed by atoms with E-state index < -0.39 is 0 Å². The van der Waals surface area contributed by atoms with Gasteiger partial charge < -0.3 is 9.15 Å². The van der Waals surface area contributed by atoms with Gasteiger partial charge in [-0.1, -0.05) is 11.6 Å². The average Bonchev–Trinajstić information content (AvgIpc) is 2.77. The molecule has 0 unspecified atom stereocenters. The summed E-state index contributed by atoms with van der Waals surface area (Å²) in [4.78, 5) is 2.48. The lowest BCUT2D eigenvalue weighted by Crippen LogP contribution is -2.36. The van der Waals surface area contributed by atoms with Gasteiger partial charge in [-0.25, -0.2) is 0 Å². The fourth-order valence-corrected chi connectivity index (χ4v) is 2.91. The van der Waals surface area contributed by atoms with Crippen LogP contribution in [0.3, 0.4) is 0 Å². The Morgan fingerprint density at radius 2 is 1.95 bits per heavy atom. The molecule has 20 heavy (non-hydrogen) atoms. The SMILES string of the molecule is Cc1ccc2oc(CCCN3CCOCC3)c(C)c2c1. The van der Waals surface area contributed by atoms with E-state index in [1.807, 2.05) is 0 Å². The van der Waals surface area contributed by atoms with Crippen molar-refractivity contribution in [2.45, 2.75) is 26.7 Å². The van der Waals surface area contributed by atoms with Gasteiger partial charge in [0, 0.05) is 24.9 Å². The lowest BCUT2D eigenvalue weighted by molar-refractivity contribution is 0.0373. The minimum atomic E-state index is 0.878. The fraction of sp³-hybridized carbons (Fsp3) is 0.529. The molecule has 1 aliphatic heterocycles. The van der Waals surface area contributed by atoms with Gasteiger partial charge in [-0.3, -0.25) is 4.90 Å². The normalized spacial score (nSPS) is 16.9. The maximum atomic E-state index is 6.00. The van der Waals surface area contributed by atoms with Crippen molar-refractivity contribution < 1.29 is 9.15 Å². The van der Waals surface area contributed by atoms with E-state index in [1.165, 1.54) is 16.5 Å². The molecule has 0 spiro atoms. The van der Waals surface area contributed by atoms with Gasteiger partial charge in [-0.05, 0) is 44.5 Å². The Bertz CT molecular complexity index is 582. The Kier molecular flexibility index (Phi) is 4.08. The van der Waals surface area contributed by atoms with Crippen LogP contribution in [0.1, 0.15) is 23.3 Å². The molecule has 1 aromatic heterocycles. The van der Waals surface area contributed by atoms with E-state index >= 15 is 0 Å². The van der Waals surface area contributed by atoms with Crippen molar-refractivity contribution in [2.24, 2.45) is 0 Å². The van der Waals surface area contributed by atoms with E-state index in [2.05, 4.69) is 36.9 Å². The number of ether oxygens (including phenoxy) is 1. The van der Waals surface area contributed by atoms with Gasteiger partial charge in [0.15, 0.2) is 0 Å². The summed E-state index contributed by atoms with van der Waals surface area (Å²) >= 11 is 0. The number of furan rings is 1. The number of hydrogen-bond acceptors (Lipinski definition) is 3. The molecule has 1 aliphatic rings. The first-order valence-electron chi connectivity index (χ1n) is 7.53. The number of morpholine rings is 1. The first kappa shape index (κ1) is 13.7. The van der Waals surface area contributed by atoms with E-state index in [1.54, 1.807) is 0 Å². The Morgan fingerprint density at radius 3 is 2.75 bits per heavy atom. The van der Waals surface area contributed by atoms with Crippen molar-refractivity contribution in [2.75, 3.05) is 32.8 Å². The lowest BCUT2D eigenvalue weighted by atomic mass is 10.1. The first-order valence-corrected chi connectivity index (χ1v) is 7.53. The standard InChI is InChI=1S/C17H23NO2/c1-13-5-6-17-15(12-13)14(2)16(20-17)4-3-7-18-8-10-19-11-9-18/h5-6,12H,3-4,7-11H2,1-2H3. The molecule has 3 heteroatoms. The zero-order valence-electron chi connectivity index (χ0n) is 12.4. The highest BCUT2D eigenvalue weighted by Crippen LogP contribution is 2.27. The number of hydrogen-bond donors (Lipinski definition) is 0. The molecule has 2 heterocycles. The second-order valence-corrected chi connectivity index (χ2v) is 5.71. The summed E-state index contributed by atoms with van der Waals surface area (Å²) < 4.78 is 11.4. The van der Waals surface area contributed by atoms with Crippen LogP contribution < -0.4 is 0 Å². The molecule has 1 fully saturated rings. The van der Waals surface area contributed by atoms with Crippen LogP contribution in [0.4, 0.5) is 0 Å². The summed E-state index contributed by atoms with van der Waals surface area (Å²) in [7, 11) is 0. The van der Waals surface area contributed by atoms with Crippen LogP contribution in [0, 0.1) is 13.8 Å². The van der Waals surface area contributed by atoms with Crippen molar-refractivity contribution in [1.29, 1.82) is 0 Å². The highest BCUT2D eigenvalue weighted by Gasteiger charge is 2.13. The molecular formula is C17H23NO2. The molecule has 2 aromatic rings. The van der Waals surface area contributed by atoms with E-state index in [0.717, 1.165) is 57.0 Å². The van der Waals surface area contributed by atoms with E-state index in [9.17, 15) is 0 Å². The van der Waals surface area contributed by atoms with E-state index in [4.69, 9.17) is 9.15 Å². The third-order valence-corrected chi connectivity index (χ3v) is 4.17. The number of rotatable bonds is 4. The molecule has 1 saturated heterocycles. The predicted molar refractivity (Wildman–Crippen MR) is 81.3 cm³/mol. The van der Waals surface area contributed by atoms with Crippen LogP contribution in [-0.4, -0.2) is 37.7 Å². The molecule has 3 nitrogen and oxygen atoms in total. The van der Waals surface area contributed by atoms with Gasteiger partial charge in [0.2, 0.25) is 0 Å². The van der Waals surface area contributed by atoms with Gasteiger partial charge >= 0.3 is 0 Å². The van der Waals surface area contributed by atoms with Crippen LogP contribution in [0.15, 0.2) is 22.6 Å². The quantitative estimate of drug-likeness (QED) is 0.854. The molecule has 1 aromatic carbocycles. The van der Waals surface area contributed by atoms with E-state index in [0.29, 0.717) is 0 Å². The summed E-state index contributed by atoms with van der Waals surface area (Å²) in [5, 5.41) is 1.27. The lowest BCUT2D eigenvalue weighted by Gasteiger charge is -2.26. The topological polar surface area (TPSA) is 25.6 Å². The van der Waals surface area contributed by atoms with Crippen LogP contribution in [0.25, 0.3) is 11.0 Å². The van der Waals surface area contributed by atoms with Crippen molar-refractivity contribution in [3.8, 4) is 0 Å². The Balaban J connectivity index is 1.63. The van der Waals surface area contributed by atoms with Crippen LogP contribution in [0.5, 0.6) is 0 Å². The molecule has 0 radical (unpaired) electrons. The van der Waals surface area contributed by atoms with Crippen molar-refractivity contribution in [1.82, 2.24) is 4.90 Å². The number of benzene rings is 1. The van der Waals surface area contributed by atoms with Crippen molar-refractivity contribution >= 4 is 11.0 Å². The van der Waals surface area contributed by atoms with Crippen molar-refractivity contribution in [3.63, 3.8) is 0 Å². The molecule has 0 atom stereocenters. The molecule has 0 N–H and O–H groups in total. The fourth-order valence-electron chi connectivity index (χ4n) is 2.91. The molecular weight excluding hydrogens is 250 g/mol. The number of aryl methyl sites for hydroxylation is 3. The zero-order valence-corrected chi connectivity index (χ0v) is 12.4. The van der Waals surface area contributed by atoms with Crippen LogP contribution in [-0.2, 0) is 11.2 Å². The second kappa shape index (κ2) is 5.98. The summed E-state index contributed by atoms with van der Waals surface area (Å²) in [5.41, 5.74) is 3.63.